The highest BCUT2D eigenvalue weighted by molar-refractivity contribution is 7.13. The van der Waals surface area contributed by atoms with Crippen LogP contribution in [-0.4, -0.2) is 32.1 Å². The highest BCUT2D eigenvalue weighted by Gasteiger charge is 2.28. The molecule has 1 atom stereocenters. The number of pyridine rings is 1. The molecule has 30 heavy (non-hydrogen) atoms. The Labute approximate surface area is 180 Å². The van der Waals surface area contributed by atoms with Gasteiger partial charge in [0.05, 0.1) is 17.1 Å². The zero-order valence-corrected chi connectivity index (χ0v) is 17.8. The minimum atomic E-state index is 0.108. The second-order valence-electron chi connectivity index (χ2n) is 7.79. The van der Waals surface area contributed by atoms with E-state index < -0.39 is 0 Å². The van der Waals surface area contributed by atoms with Crippen LogP contribution < -0.4 is 0 Å². The van der Waals surface area contributed by atoms with Crippen LogP contribution in [0.5, 0.6) is 0 Å². The fourth-order valence-corrected chi connectivity index (χ4v) is 5.26. The molecule has 1 saturated heterocycles. The monoisotopic (exact) mass is 416 g/mol. The molecule has 0 spiro atoms. The first-order valence-electron chi connectivity index (χ1n) is 10.4. The minimum Gasteiger partial charge on any atom is -0.334 e. The minimum absolute atomic E-state index is 0.108. The zero-order valence-electron chi connectivity index (χ0n) is 17.0. The maximum absolute atomic E-state index is 13.4. The van der Waals surface area contributed by atoms with Gasteiger partial charge in [0, 0.05) is 23.2 Å². The topological polar surface area (TPSA) is 51.0 Å². The maximum atomic E-state index is 13.4. The normalized spacial score (nSPS) is 16.8. The SMILES string of the molecule is Cc1nn(CC(=O)N2CCCCC2c2ccccc2)c2nccc(-c3cccs3)c12. The molecule has 3 aromatic heterocycles. The number of aromatic nitrogens is 3. The van der Waals surface area contributed by atoms with Gasteiger partial charge in [0.1, 0.15) is 6.54 Å². The van der Waals surface area contributed by atoms with Gasteiger partial charge in [0.15, 0.2) is 5.65 Å². The largest absolute Gasteiger partial charge is 0.334 e. The summed E-state index contributed by atoms with van der Waals surface area (Å²) in [6, 6.07) is 16.7. The highest BCUT2D eigenvalue weighted by atomic mass is 32.1. The van der Waals surface area contributed by atoms with Crippen LogP contribution >= 0.6 is 11.3 Å². The van der Waals surface area contributed by atoms with Crippen molar-refractivity contribution in [1.82, 2.24) is 19.7 Å². The molecule has 0 bridgehead atoms. The number of amides is 1. The van der Waals surface area contributed by atoms with Crippen molar-refractivity contribution in [2.45, 2.75) is 38.8 Å². The lowest BCUT2D eigenvalue weighted by Crippen LogP contribution is -2.40. The molecule has 0 aliphatic carbocycles. The van der Waals surface area contributed by atoms with Crippen molar-refractivity contribution in [3.8, 4) is 10.4 Å². The Kier molecular flexibility index (Phi) is 5.09. The number of piperidine rings is 1. The molecule has 4 heterocycles. The molecule has 0 saturated carbocycles. The summed E-state index contributed by atoms with van der Waals surface area (Å²) >= 11 is 1.70. The van der Waals surface area contributed by atoms with Gasteiger partial charge in [-0.2, -0.15) is 5.10 Å². The molecule has 4 aromatic rings. The number of nitrogens with zero attached hydrogens (tertiary/aromatic N) is 4. The van der Waals surface area contributed by atoms with Gasteiger partial charge in [-0.05, 0) is 49.3 Å². The second-order valence-corrected chi connectivity index (χ2v) is 8.73. The fourth-order valence-electron chi connectivity index (χ4n) is 4.50. The first-order chi connectivity index (χ1) is 14.7. The molecule has 0 N–H and O–H groups in total. The molecule has 1 aliphatic heterocycles. The molecule has 5 nitrogen and oxygen atoms in total. The quantitative estimate of drug-likeness (QED) is 0.458. The van der Waals surface area contributed by atoms with Crippen molar-refractivity contribution in [3.63, 3.8) is 0 Å². The number of benzene rings is 1. The van der Waals surface area contributed by atoms with E-state index in [2.05, 4.69) is 34.6 Å². The lowest BCUT2D eigenvalue weighted by Gasteiger charge is -2.36. The fraction of sp³-hybridized carbons (Fsp3) is 0.292. The Hall–Kier alpha value is -2.99. The van der Waals surface area contributed by atoms with Gasteiger partial charge >= 0.3 is 0 Å². The Morgan fingerprint density at radius 1 is 1.13 bits per heavy atom. The van der Waals surface area contributed by atoms with Gasteiger partial charge in [-0.15, -0.1) is 11.3 Å². The highest BCUT2D eigenvalue weighted by Crippen LogP contribution is 2.34. The summed E-state index contributed by atoms with van der Waals surface area (Å²) in [6.07, 6.45) is 5.02. The van der Waals surface area contributed by atoms with Gasteiger partial charge in [-0.25, -0.2) is 9.67 Å². The van der Waals surface area contributed by atoms with E-state index in [0.717, 1.165) is 48.1 Å². The third-order valence-electron chi connectivity index (χ3n) is 5.89. The summed E-state index contributed by atoms with van der Waals surface area (Å²) in [6.45, 7) is 3.01. The summed E-state index contributed by atoms with van der Waals surface area (Å²) in [4.78, 5) is 21.2. The Morgan fingerprint density at radius 2 is 2.00 bits per heavy atom. The molecule has 1 amide bonds. The van der Waals surface area contributed by atoms with Gasteiger partial charge in [-0.1, -0.05) is 36.4 Å². The summed E-state index contributed by atoms with van der Waals surface area (Å²) in [7, 11) is 0. The molecule has 1 unspecified atom stereocenters. The lowest BCUT2D eigenvalue weighted by molar-refractivity contribution is -0.135. The van der Waals surface area contributed by atoms with E-state index in [1.165, 1.54) is 10.4 Å². The second kappa shape index (κ2) is 8.03. The van der Waals surface area contributed by atoms with Crippen LogP contribution in [0.3, 0.4) is 0 Å². The first kappa shape index (κ1) is 19.0. The van der Waals surface area contributed by atoms with Gasteiger partial charge < -0.3 is 4.90 Å². The van der Waals surface area contributed by atoms with Crippen molar-refractivity contribution in [2.24, 2.45) is 0 Å². The van der Waals surface area contributed by atoms with E-state index in [-0.39, 0.29) is 18.5 Å². The number of carbonyl (C=O) groups is 1. The van der Waals surface area contributed by atoms with E-state index in [0.29, 0.717) is 0 Å². The van der Waals surface area contributed by atoms with Crippen molar-refractivity contribution >= 4 is 28.3 Å². The summed E-state index contributed by atoms with van der Waals surface area (Å²) < 4.78 is 1.78. The van der Waals surface area contributed by atoms with E-state index in [4.69, 9.17) is 5.10 Å². The summed E-state index contributed by atoms with van der Waals surface area (Å²) in [5, 5.41) is 7.81. The first-order valence-corrected chi connectivity index (χ1v) is 11.3. The molecule has 152 valence electrons. The van der Waals surface area contributed by atoms with Crippen LogP contribution in [0.25, 0.3) is 21.5 Å². The van der Waals surface area contributed by atoms with Crippen molar-refractivity contribution < 1.29 is 4.79 Å². The lowest BCUT2D eigenvalue weighted by atomic mass is 9.95. The molecule has 1 aliphatic rings. The van der Waals surface area contributed by atoms with Crippen molar-refractivity contribution in [1.29, 1.82) is 0 Å². The zero-order chi connectivity index (χ0) is 20.5. The van der Waals surface area contributed by atoms with E-state index >= 15 is 0 Å². The Bertz CT molecular complexity index is 1170. The van der Waals surface area contributed by atoms with Gasteiger partial charge in [0.25, 0.3) is 0 Å². The van der Waals surface area contributed by atoms with Crippen LogP contribution in [0.1, 0.15) is 36.6 Å². The van der Waals surface area contributed by atoms with E-state index in [1.807, 2.05) is 42.3 Å². The Balaban J connectivity index is 1.47. The predicted octanol–water partition coefficient (Wildman–Crippen LogP) is 5.22. The molecule has 1 fully saturated rings. The van der Waals surface area contributed by atoms with Crippen LogP contribution in [0.2, 0.25) is 0 Å². The van der Waals surface area contributed by atoms with Gasteiger partial charge in [0.2, 0.25) is 5.91 Å². The van der Waals surface area contributed by atoms with Crippen molar-refractivity contribution in [2.75, 3.05) is 6.54 Å². The summed E-state index contributed by atoms with van der Waals surface area (Å²) in [5.41, 5.74) is 4.03. The van der Waals surface area contributed by atoms with Crippen molar-refractivity contribution in [3.05, 3.63) is 71.4 Å². The number of likely N-dealkylation sites (tertiary alicyclic amines) is 1. The van der Waals surface area contributed by atoms with E-state index in [1.54, 1.807) is 16.0 Å². The number of aryl methyl sites for hydroxylation is 1. The average Bonchev–Trinajstić information content (AvgIpc) is 3.43. The maximum Gasteiger partial charge on any atom is 0.244 e. The number of thiophene rings is 1. The predicted molar refractivity (Wildman–Crippen MR) is 120 cm³/mol. The molecule has 6 heteroatoms. The van der Waals surface area contributed by atoms with Crippen LogP contribution in [0.4, 0.5) is 0 Å². The molecular formula is C24H24N4OS. The van der Waals surface area contributed by atoms with Crippen LogP contribution in [0.15, 0.2) is 60.1 Å². The van der Waals surface area contributed by atoms with Gasteiger partial charge in [-0.3, -0.25) is 4.79 Å². The number of rotatable bonds is 4. The van der Waals surface area contributed by atoms with Crippen LogP contribution in [-0.2, 0) is 11.3 Å². The number of hydrogen-bond donors (Lipinski definition) is 0. The third-order valence-corrected chi connectivity index (χ3v) is 6.79. The standard InChI is InChI=1S/C24H24N4OS/c1-17-23-19(21-11-7-15-30-21)12-13-25-24(23)28(26-17)16-22(29)27-14-6-5-10-20(27)18-8-3-2-4-9-18/h2-4,7-9,11-13,15,20H,5-6,10,14,16H2,1H3. The summed E-state index contributed by atoms with van der Waals surface area (Å²) in [5.74, 6) is 0.108. The average molecular weight is 417 g/mol. The molecule has 5 rings (SSSR count). The number of fused-ring (bicyclic) bond motifs is 1. The number of hydrogen-bond acceptors (Lipinski definition) is 4. The number of carbonyl (C=O) groups excluding carboxylic acids is 1. The molecule has 1 aromatic carbocycles. The molecular weight excluding hydrogens is 392 g/mol. The smallest absolute Gasteiger partial charge is 0.244 e. The Morgan fingerprint density at radius 3 is 2.80 bits per heavy atom. The van der Waals surface area contributed by atoms with Crippen LogP contribution in [0, 0.1) is 6.92 Å². The van der Waals surface area contributed by atoms with E-state index in [9.17, 15) is 4.79 Å². The third kappa shape index (κ3) is 3.41. The molecule has 0 radical (unpaired) electrons.